The first-order chi connectivity index (χ1) is 11.7. The molecule has 1 aliphatic heterocycles. The number of para-hydroxylation sites is 2. The number of rotatable bonds is 5. The molecule has 3 rings (SSSR count). The Morgan fingerprint density at radius 2 is 2.33 bits per heavy atom. The van der Waals surface area contributed by atoms with E-state index in [1.165, 1.54) is 0 Å². The molecule has 2 aromatic rings. The number of nitriles is 1. The molecular formula is C17H19N5O2. The van der Waals surface area contributed by atoms with Crippen LogP contribution in [-0.4, -0.2) is 47.1 Å². The van der Waals surface area contributed by atoms with Gasteiger partial charge in [0, 0.05) is 25.8 Å². The van der Waals surface area contributed by atoms with E-state index in [9.17, 15) is 4.79 Å². The van der Waals surface area contributed by atoms with Crippen molar-refractivity contribution < 1.29 is 9.53 Å². The minimum atomic E-state index is -0.209. The van der Waals surface area contributed by atoms with E-state index >= 15 is 0 Å². The molecule has 1 aromatic carbocycles. The molecule has 0 spiro atoms. The van der Waals surface area contributed by atoms with E-state index in [0.717, 1.165) is 18.7 Å². The molecule has 2 heterocycles. The fourth-order valence-corrected chi connectivity index (χ4v) is 2.83. The summed E-state index contributed by atoms with van der Waals surface area (Å²) in [5, 5.41) is 11.8. The molecule has 0 aliphatic carbocycles. The number of aromatic nitrogens is 2. The Morgan fingerprint density at radius 1 is 1.50 bits per heavy atom. The number of carbonyl (C=O) groups excluding carboxylic acids is 1. The number of methoxy groups -OCH3 is 1. The molecule has 1 atom stereocenters. The highest BCUT2D eigenvalue weighted by atomic mass is 16.5. The molecule has 1 unspecified atom stereocenters. The van der Waals surface area contributed by atoms with Crippen molar-refractivity contribution in [3.63, 3.8) is 0 Å². The van der Waals surface area contributed by atoms with Gasteiger partial charge in [-0.15, -0.1) is 0 Å². The molecule has 1 fully saturated rings. The average molecular weight is 325 g/mol. The summed E-state index contributed by atoms with van der Waals surface area (Å²) in [4.78, 5) is 18.1. The van der Waals surface area contributed by atoms with Gasteiger partial charge >= 0.3 is 0 Å². The standard InChI is InChI=1S/C17H19N5O2/c1-24-16-5-3-2-4-15(16)22-10-14(20-12-22)17(23)19-8-13-6-7-21(9-13)11-18/h2-5,10,12-13H,6-9H2,1H3,(H,19,23). The first-order valence-electron chi connectivity index (χ1n) is 7.81. The molecule has 7 nitrogen and oxygen atoms in total. The van der Waals surface area contributed by atoms with E-state index < -0.39 is 0 Å². The molecule has 7 heteroatoms. The largest absolute Gasteiger partial charge is 0.495 e. The maximum absolute atomic E-state index is 12.3. The lowest BCUT2D eigenvalue weighted by Crippen LogP contribution is -2.30. The quantitative estimate of drug-likeness (QED) is 0.841. The van der Waals surface area contributed by atoms with Gasteiger partial charge in [0.2, 0.25) is 0 Å². The average Bonchev–Trinajstić information content (AvgIpc) is 3.29. The fourth-order valence-electron chi connectivity index (χ4n) is 2.83. The number of carbonyl (C=O) groups is 1. The summed E-state index contributed by atoms with van der Waals surface area (Å²) in [6, 6.07) is 7.55. The number of nitrogens with one attached hydrogen (secondary N) is 1. The lowest BCUT2D eigenvalue weighted by atomic mass is 10.1. The highest BCUT2D eigenvalue weighted by Crippen LogP contribution is 2.22. The van der Waals surface area contributed by atoms with Crippen LogP contribution in [0.2, 0.25) is 0 Å². The van der Waals surface area contributed by atoms with Crippen molar-refractivity contribution in [1.82, 2.24) is 19.8 Å². The van der Waals surface area contributed by atoms with Crippen LogP contribution in [-0.2, 0) is 0 Å². The SMILES string of the molecule is COc1ccccc1-n1cnc(C(=O)NCC2CCN(C#N)C2)c1. The van der Waals surface area contributed by atoms with Gasteiger partial charge in [-0.05, 0) is 24.5 Å². The number of hydrogen-bond acceptors (Lipinski definition) is 5. The van der Waals surface area contributed by atoms with Crippen LogP contribution in [0.3, 0.4) is 0 Å². The van der Waals surface area contributed by atoms with Crippen molar-refractivity contribution in [2.45, 2.75) is 6.42 Å². The van der Waals surface area contributed by atoms with Gasteiger partial charge < -0.3 is 19.5 Å². The van der Waals surface area contributed by atoms with Crippen molar-refractivity contribution in [3.8, 4) is 17.6 Å². The highest BCUT2D eigenvalue weighted by molar-refractivity contribution is 5.92. The molecule has 0 radical (unpaired) electrons. The lowest BCUT2D eigenvalue weighted by Gasteiger charge is -2.10. The number of ether oxygens (including phenoxy) is 1. The maximum Gasteiger partial charge on any atom is 0.271 e. The number of nitrogens with zero attached hydrogens (tertiary/aromatic N) is 4. The fraction of sp³-hybridized carbons (Fsp3) is 0.353. The molecule has 1 saturated heterocycles. The molecule has 1 aromatic heterocycles. The van der Waals surface area contributed by atoms with Crippen LogP contribution in [0.4, 0.5) is 0 Å². The third kappa shape index (κ3) is 3.33. The van der Waals surface area contributed by atoms with Gasteiger partial charge in [-0.2, -0.15) is 5.26 Å². The van der Waals surface area contributed by atoms with Crippen LogP contribution in [0.5, 0.6) is 5.75 Å². The summed E-state index contributed by atoms with van der Waals surface area (Å²) in [6.07, 6.45) is 6.34. The lowest BCUT2D eigenvalue weighted by molar-refractivity contribution is 0.0943. The van der Waals surface area contributed by atoms with Crippen molar-refractivity contribution in [2.24, 2.45) is 5.92 Å². The van der Waals surface area contributed by atoms with Gasteiger partial charge in [0.1, 0.15) is 17.8 Å². The normalized spacial score (nSPS) is 16.7. The summed E-state index contributed by atoms with van der Waals surface area (Å²) < 4.78 is 7.09. The van der Waals surface area contributed by atoms with Gasteiger partial charge in [0.05, 0.1) is 12.8 Å². The van der Waals surface area contributed by atoms with Crippen LogP contribution < -0.4 is 10.1 Å². The van der Waals surface area contributed by atoms with Gasteiger partial charge in [0.15, 0.2) is 6.19 Å². The van der Waals surface area contributed by atoms with Crippen LogP contribution in [0.1, 0.15) is 16.9 Å². The highest BCUT2D eigenvalue weighted by Gasteiger charge is 2.22. The number of imidazole rings is 1. The molecule has 1 N–H and O–H groups in total. The Kier molecular flexibility index (Phi) is 4.66. The third-order valence-electron chi connectivity index (χ3n) is 4.16. The van der Waals surface area contributed by atoms with Crippen molar-refractivity contribution in [2.75, 3.05) is 26.7 Å². The summed E-state index contributed by atoms with van der Waals surface area (Å²) in [6.45, 7) is 2.02. The summed E-state index contributed by atoms with van der Waals surface area (Å²) in [5.74, 6) is 0.813. The third-order valence-corrected chi connectivity index (χ3v) is 4.16. The predicted molar refractivity (Wildman–Crippen MR) is 87.7 cm³/mol. The van der Waals surface area contributed by atoms with E-state index in [1.54, 1.807) is 29.1 Å². The zero-order valence-electron chi connectivity index (χ0n) is 13.5. The second-order valence-electron chi connectivity index (χ2n) is 5.75. The molecule has 124 valence electrons. The van der Waals surface area contributed by atoms with Gasteiger partial charge in [-0.1, -0.05) is 12.1 Å². The van der Waals surface area contributed by atoms with Crippen molar-refractivity contribution >= 4 is 5.91 Å². The van der Waals surface area contributed by atoms with Crippen LogP contribution in [0, 0.1) is 17.4 Å². The molecule has 1 aliphatic rings. The monoisotopic (exact) mass is 325 g/mol. The zero-order valence-corrected chi connectivity index (χ0v) is 13.5. The van der Waals surface area contributed by atoms with Gasteiger partial charge in [-0.3, -0.25) is 4.79 Å². The van der Waals surface area contributed by atoms with E-state index in [0.29, 0.717) is 30.5 Å². The minimum Gasteiger partial charge on any atom is -0.495 e. The first kappa shape index (κ1) is 15.9. The number of likely N-dealkylation sites (tertiary alicyclic amines) is 1. The molecule has 1 amide bonds. The Balaban J connectivity index is 1.63. The Morgan fingerprint density at radius 3 is 3.08 bits per heavy atom. The smallest absolute Gasteiger partial charge is 0.271 e. The van der Waals surface area contributed by atoms with Crippen LogP contribution in [0.15, 0.2) is 36.8 Å². The van der Waals surface area contributed by atoms with Gasteiger partial charge in [0.25, 0.3) is 5.91 Å². The molecule has 0 saturated carbocycles. The van der Waals surface area contributed by atoms with E-state index in [-0.39, 0.29) is 5.91 Å². The molecule has 24 heavy (non-hydrogen) atoms. The summed E-state index contributed by atoms with van der Waals surface area (Å²) in [5.41, 5.74) is 1.18. The predicted octanol–water partition coefficient (Wildman–Crippen LogP) is 1.41. The second kappa shape index (κ2) is 7.04. The Hall–Kier alpha value is -3.01. The zero-order chi connectivity index (χ0) is 16.9. The Bertz CT molecular complexity index is 764. The van der Waals surface area contributed by atoms with E-state index in [1.807, 2.05) is 24.3 Å². The summed E-state index contributed by atoms with van der Waals surface area (Å²) >= 11 is 0. The van der Waals surface area contributed by atoms with Crippen molar-refractivity contribution in [1.29, 1.82) is 5.26 Å². The van der Waals surface area contributed by atoms with Crippen molar-refractivity contribution in [3.05, 3.63) is 42.5 Å². The number of benzene rings is 1. The topological polar surface area (TPSA) is 83.2 Å². The van der Waals surface area contributed by atoms with Crippen LogP contribution >= 0.6 is 0 Å². The second-order valence-corrected chi connectivity index (χ2v) is 5.75. The van der Waals surface area contributed by atoms with E-state index in [4.69, 9.17) is 10.00 Å². The maximum atomic E-state index is 12.3. The van der Waals surface area contributed by atoms with Gasteiger partial charge in [-0.25, -0.2) is 4.98 Å². The number of amides is 1. The molecular weight excluding hydrogens is 306 g/mol. The Labute approximate surface area is 140 Å². The minimum absolute atomic E-state index is 0.209. The summed E-state index contributed by atoms with van der Waals surface area (Å²) in [7, 11) is 1.61. The molecule has 0 bridgehead atoms. The number of hydrogen-bond donors (Lipinski definition) is 1. The van der Waals surface area contributed by atoms with E-state index in [2.05, 4.69) is 16.5 Å². The van der Waals surface area contributed by atoms with Crippen LogP contribution in [0.25, 0.3) is 5.69 Å². The first-order valence-corrected chi connectivity index (χ1v) is 7.81.